The van der Waals surface area contributed by atoms with E-state index >= 15 is 0 Å². The van der Waals surface area contributed by atoms with E-state index in [1.807, 2.05) is 25.1 Å². The lowest BCUT2D eigenvalue weighted by atomic mass is 9.89. The summed E-state index contributed by atoms with van der Waals surface area (Å²) in [7, 11) is 2.17. The van der Waals surface area contributed by atoms with Crippen molar-refractivity contribution in [2.45, 2.75) is 38.5 Å². The van der Waals surface area contributed by atoms with Gasteiger partial charge in [-0.15, -0.1) is 0 Å². The van der Waals surface area contributed by atoms with Crippen LogP contribution >= 0.6 is 0 Å². The molecule has 1 saturated heterocycles. The van der Waals surface area contributed by atoms with Crippen molar-refractivity contribution in [1.29, 1.82) is 0 Å². The van der Waals surface area contributed by atoms with Crippen LogP contribution in [0.15, 0.2) is 48.7 Å². The normalized spacial score (nSPS) is 14.8. The zero-order chi connectivity index (χ0) is 23.2. The van der Waals surface area contributed by atoms with Gasteiger partial charge in [0.1, 0.15) is 0 Å². The molecule has 174 valence electrons. The Morgan fingerprint density at radius 2 is 1.76 bits per heavy atom. The summed E-state index contributed by atoms with van der Waals surface area (Å²) < 4.78 is 5.21. The molecule has 33 heavy (non-hydrogen) atoms. The largest absolute Gasteiger partial charge is 0.462 e. The third-order valence-electron chi connectivity index (χ3n) is 6.24. The number of unbranched alkanes of at least 4 members (excludes halogenated alkanes) is 1. The number of hydrogen-bond acceptors (Lipinski definition) is 4. The van der Waals surface area contributed by atoms with Gasteiger partial charge in [-0.25, -0.2) is 9.59 Å². The van der Waals surface area contributed by atoms with E-state index in [1.54, 1.807) is 24.3 Å². The van der Waals surface area contributed by atoms with Gasteiger partial charge in [-0.2, -0.15) is 0 Å². The smallest absolute Gasteiger partial charge is 0.338 e. The monoisotopic (exact) mass is 448 g/mol. The van der Waals surface area contributed by atoms with Gasteiger partial charge in [0.15, 0.2) is 0 Å². The number of rotatable bonds is 7. The number of amides is 2. The van der Waals surface area contributed by atoms with E-state index in [2.05, 4.69) is 33.8 Å². The van der Waals surface area contributed by atoms with Gasteiger partial charge < -0.3 is 25.3 Å². The summed E-state index contributed by atoms with van der Waals surface area (Å²) in [5, 5.41) is 6.90. The highest BCUT2D eigenvalue weighted by Crippen LogP contribution is 2.34. The van der Waals surface area contributed by atoms with Crippen molar-refractivity contribution in [3.05, 3.63) is 59.8 Å². The van der Waals surface area contributed by atoms with Crippen LogP contribution in [0, 0.1) is 0 Å². The number of nitrogens with one attached hydrogen (secondary N) is 3. The first-order valence-electron chi connectivity index (χ1n) is 11.7. The molecular formula is C26H32N4O3. The highest BCUT2D eigenvalue weighted by atomic mass is 16.5. The van der Waals surface area contributed by atoms with Gasteiger partial charge in [-0.1, -0.05) is 13.3 Å². The molecule has 0 spiro atoms. The van der Waals surface area contributed by atoms with Gasteiger partial charge >= 0.3 is 12.0 Å². The van der Waals surface area contributed by atoms with Crippen LogP contribution in [-0.4, -0.2) is 48.6 Å². The third kappa shape index (κ3) is 5.73. The minimum Gasteiger partial charge on any atom is -0.462 e. The van der Waals surface area contributed by atoms with Crippen molar-refractivity contribution in [2.75, 3.05) is 37.4 Å². The number of anilines is 2. The Labute approximate surface area is 194 Å². The van der Waals surface area contributed by atoms with Crippen LogP contribution in [0.25, 0.3) is 10.9 Å². The molecule has 0 radical (unpaired) electrons. The maximum atomic E-state index is 12.5. The highest BCUT2D eigenvalue weighted by molar-refractivity contribution is 6.01. The molecule has 2 amide bonds. The van der Waals surface area contributed by atoms with Crippen LogP contribution in [0.5, 0.6) is 0 Å². The van der Waals surface area contributed by atoms with Crippen molar-refractivity contribution in [3.8, 4) is 0 Å². The van der Waals surface area contributed by atoms with Crippen molar-refractivity contribution in [2.24, 2.45) is 0 Å². The summed E-state index contributed by atoms with van der Waals surface area (Å²) in [5.74, 6) is 0.186. The molecule has 1 aliphatic heterocycles. The summed E-state index contributed by atoms with van der Waals surface area (Å²) >= 11 is 0. The first kappa shape index (κ1) is 22.9. The van der Waals surface area contributed by atoms with Crippen LogP contribution in [-0.2, 0) is 4.74 Å². The van der Waals surface area contributed by atoms with Crippen molar-refractivity contribution in [3.63, 3.8) is 0 Å². The molecule has 0 saturated carbocycles. The van der Waals surface area contributed by atoms with Crippen molar-refractivity contribution in [1.82, 2.24) is 9.88 Å². The number of aromatic amines is 1. The lowest BCUT2D eigenvalue weighted by Gasteiger charge is -2.28. The van der Waals surface area contributed by atoms with Gasteiger partial charge in [0.25, 0.3) is 0 Å². The van der Waals surface area contributed by atoms with Gasteiger partial charge in [0.05, 0.1) is 12.2 Å². The Kier molecular flexibility index (Phi) is 7.29. The predicted octanol–water partition coefficient (Wildman–Crippen LogP) is 5.58. The Morgan fingerprint density at radius 3 is 2.48 bits per heavy atom. The summed E-state index contributed by atoms with van der Waals surface area (Å²) in [6, 6.07) is 12.3. The van der Waals surface area contributed by atoms with E-state index in [1.165, 1.54) is 5.56 Å². The number of esters is 1. The Morgan fingerprint density at radius 1 is 1.06 bits per heavy atom. The average Bonchev–Trinajstić information content (AvgIpc) is 3.23. The van der Waals surface area contributed by atoms with Crippen LogP contribution in [0.2, 0.25) is 0 Å². The molecule has 3 aromatic rings. The number of urea groups is 1. The summed E-state index contributed by atoms with van der Waals surface area (Å²) in [6.45, 7) is 4.67. The molecule has 0 bridgehead atoms. The van der Waals surface area contributed by atoms with Crippen LogP contribution in [0.3, 0.4) is 0 Å². The number of aromatic nitrogens is 1. The number of benzene rings is 2. The van der Waals surface area contributed by atoms with E-state index < -0.39 is 0 Å². The predicted molar refractivity (Wildman–Crippen MR) is 132 cm³/mol. The fourth-order valence-electron chi connectivity index (χ4n) is 4.25. The molecule has 1 aromatic heterocycles. The van der Waals surface area contributed by atoms with Gasteiger partial charge in [-0.05, 0) is 93.3 Å². The maximum Gasteiger partial charge on any atom is 0.338 e. The molecule has 3 N–H and O–H groups in total. The van der Waals surface area contributed by atoms with E-state index in [4.69, 9.17) is 4.74 Å². The van der Waals surface area contributed by atoms with Gasteiger partial charge in [0.2, 0.25) is 0 Å². The fourth-order valence-corrected chi connectivity index (χ4v) is 4.25. The zero-order valence-electron chi connectivity index (χ0n) is 19.3. The number of ether oxygens (including phenoxy) is 1. The van der Waals surface area contributed by atoms with E-state index in [9.17, 15) is 9.59 Å². The number of piperidine rings is 1. The second-order valence-corrected chi connectivity index (χ2v) is 8.73. The SMILES string of the molecule is CCCCOC(=O)c1ccc(NC(=O)Nc2ccc3[nH]cc(C4CCN(C)CC4)c3c2)cc1. The van der Waals surface area contributed by atoms with E-state index in [0.717, 1.165) is 55.4 Å². The molecule has 1 aliphatic rings. The third-order valence-corrected chi connectivity index (χ3v) is 6.24. The fraction of sp³-hybridized carbons (Fsp3) is 0.385. The number of carbonyl (C=O) groups excluding carboxylic acids is 2. The van der Waals surface area contributed by atoms with E-state index in [-0.39, 0.29) is 12.0 Å². The van der Waals surface area contributed by atoms with Crippen LogP contribution in [0.1, 0.15) is 54.4 Å². The number of carbonyl (C=O) groups is 2. The molecule has 7 nitrogen and oxygen atoms in total. The standard InChI is InChI=1S/C26H32N4O3/c1-3-4-15-33-25(31)19-5-7-20(8-6-19)28-26(32)29-21-9-10-24-22(16-21)23(17-27-24)18-11-13-30(2)14-12-18/h5-10,16-18,27H,3-4,11-15H2,1-2H3,(H2,28,29,32). The van der Waals surface area contributed by atoms with Crippen LogP contribution < -0.4 is 10.6 Å². The molecule has 1 fully saturated rings. The molecule has 0 aliphatic carbocycles. The highest BCUT2D eigenvalue weighted by Gasteiger charge is 2.21. The molecule has 0 unspecified atom stereocenters. The summed E-state index contributed by atoms with van der Waals surface area (Å²) in [6.07, 6.45) is 6.22. The Balaban J connectivity index is 1.37. The Hall–Kier alpha value is -3.32. The van der Waals surface area contributed by atoms with E-state index in [0.29, 0.717) is 23.8 Å². The molecule has 2 heterocycles. The molecule has 0 atom stereocenters. The number of H-pyrrole nitrogens is 1. The van der Waals surface area contributed by atoms with Gasteiger partial charge in [-0.3, -0.25) is 0 Å². The Bertz CT molecular complexity index is 1100. The minimum atomic E-state index is -0.348. The number of fused-ring (bicyclic) bond motifs is 1. The van der Waals surface area contributed by atoms with Crippen LogP contribution in [0.4, 0.5) is 16.2 Å². The molecule has 4 rings (SSSR count). The summed E-state index contributed by atoms with van der Waals surface area (Å²) in [4.78, 5) is 30.3. The number of likely N-dealkylation sites (tertiary alicyclic amines) is 1. The topological polar surface area (TPSA) is 86.5 Å². The van der Waals surface area contributed by atoms with Crippen molar-refractivity contribution < 1.29 is 14.3 Å². The molecule has 2 aromatic carbocycles. The van der Waals surface area contributed by atoms with Crippen molar-refractivity contribution >= 4 is 34.3 Å². The minimum absolute atomic E-state index is 0.330. The molecule has 7 heteroatoms. The average molecular weight is 449 g/mol. The lowest BCUT2D eigenvalue weighted by Crippen LogP contribution is -2.29. The lowest BCUT2D eigenvalue weighted by molar-refractivity contribution is 0.0500. The quantitative estimate of drug-likeness (QED) is 0.325. The summed E-state index contributed by atoms with van der Waals surface area (Å²) in [5.41, 5.74) is 4.22. The maximum absolute atomic E-state index is 12.5. The number of hydrogen-bond donors (Lipinski definition) is 3. The molecular weight excluding hydrogens is 416 g/mol. The zero-order valence-corrected chi connectivity index (χ0v) is 19.3. The van der Waals surface area contributed by atoms with Gasteiger partial charge in [0, 0.05) is 28.5 Å². The first-order chi connectivity index (χ1) is 16.0. The number of nitrogens with zero attached hydrogens (tertiary/aromatic N) is 1. The second kappa shape index (κ2) is 10.5. The first-order valence-corrected chi connectivity index (χ1v) is 11.7. The second-order valence-electron chi connectivity index (χ2n) is 8.73.